The molecule has 1 aliphatic heterocycles. The van der Waals surface area contributed by atoms with Crippen molar-refractivity contribution in [3.63, 3.8) is 0 Å². The van der Waals surface area contributed by atoms with Crippen LogP contribution >= 0.6 is 0 Å². The average Bonchev–Trinajstić information content (AvgIpc) is 2.23. The van der Waals surface area contributed by atoms with Crippen LogP contribution in [0.5, 0.6) is 0 Å². The Bertz CT molecular complexity index is 284. The molecule has 1 aromatic carbocycles. The van der Waals surface area contributed by atoms with Gasteiger partial charge in [-0.1, -0.05) is 30.3 Å². The minimum Gasteiger partial charge on any atom is -0.326 e. The van der Waals surface area contributed by atoms with E-state index >= 15 is 0 Å². The maximum atomic E-state index is 6.11. The molecule has 2 heteroatoms. The number of rotatable bonds is 1. The van der Waals surface area contributed by atoms with Crippen LogP contribution in [-0.2, 0) is 0 Å². The van der Waals surface area contributed by atoms with E-state index in [0.29, 0.717) is 12.1 Å². The predicted octanol–water partition coefficient (Wildman–Crippen LogP) is 1.83. The van der Waals surface area contributed by atoms with Crippen LogP contribution in [0.3, 0.4) is 0 Å². The number of hydrogen-bond donors (Lipinski definition) is 2. The fourth-order valence-electron chi connectivity index (χ4n) is 2.13. The molecule has 2 rings (SSSR count). The lowest BCUT2D eigenvalue weighted by Gasteiger charge is -2.34. The highest BCUT2D eigenvalue weighted by Gasteiger charge is 2.25. The fourth-order valence-corrected chi connectivity index (χ4v) is 2.13. The first-order valence-electron chi connectivity index (χ1n) is 5.34. The largest absolute Gasteiger partial charge is 0.326 e. The standard InChI is InChI=1S/C12H18N2/c1-9-7-8-11(13)12(14-9)10-5-3-2-4-6-10/h2-6,9,11-12,14H,7-8,13H2,1H3/t9-,11-,12?/m1/s1. The van der Waals surface area contributed by atoms with Crippen LogP contribution in [0.25, 0.3) is 0 Å². The van der Waals surface area contributed by atoms with Gasteiger partial charge in [0.15, 0.2) is 0 Å². The number of nitrogens with one attached hydrogen (secondary N) is 1. The van der Waals surface area contributed by atoms with Gasteiger partial charge in [0.1, 0.15) is 0 Å². The summed E-state index contributed by atoms with van der Waals surface area (Å²) in [6.07, 6.45) is 2.30. The molecule has 3 N–H and O–H groups in total. The number of benzene rings is 1. The predicted molar refractivity (Wildman–Crippen MR) is 59.0 cm³/mol. The van der Waals surface area contributed by atoms with Crippen molar-refractivity contribution in [3.8, 4) is 0 Å². The van der Waals surface area contributed by atoms with Gasteiger partial charge in [0.2, 0.25) is 0 Å². The van der Waals surface area contributed by atoms with Crippen LogP contribution < -0.4 is 11.1 Å². The molecule has 0 radical (unpaired) electrons. The van der Waals surface area contributed by atoms with Gasteiger partial charge in [-0.15, -0.1) is 0 Å². The fraction of sp³-hybridized carbons (Fsp3) is 0.500. The van der Waals surface area contributed by atoms with E-state index in [1.165, 1.54) is 12.0 Å². The molecule has 1 saturated heterocycles. The normalized spacial score (nSPS) is 32.9. The van der Waals surface area contributed by atoms with Gasteiger partial charge in [0, 0.05) is 18.1 Å². The molecule has 0 amide bonds. The minimum absolute atomic E-state index is 0.258. The van der Waals surface area contributed by atoms with Crippen molar-refractivity contribution in [2.45, 2.75) is 37.9 Å². The van der Waals surface area contributed by atoms with Gasteiger partial charge in [-0.3, -0.25) is 0 Å². The molecule has 76 valence electrons. The molecule has 1 unspecified atom stereocenters. The maximum Gasteiger partial charge on any atom is 0.0475 e. The summed E-state index contributed by atoms with van der Waals surface area (Å²) in [6, 6.07) is 11.7. The Balaban J connectivity index is 2.16. The van der Waals surface area contributed by atoms with Crippen molar-refractivity contribution in [3.05, 3.63) is 35.9 Å². The van der Waals surface area contributed by atoms with E-state index in [0.717, 1.165) is 6.42 Å². The minimum atomic E-state index is 0.258. The Morgan fingerprint density at radius 3 is 2.64 bits per heavy atom. The lowest BCUT2D eigenvalue weighted by molar-refractivity contribution is 0.301. The van der Waals surface area contributed by atoms with Crippen molar-refractivity contribution in [2.24, 2.45) is 5.73 Å². The van der Waals surface area contributed by atoms with Crippen LogP contribution in [0.2, 0.25) is 0 Å². The number of nitrogens with two attached hydrogens (primary N) is 1. The summed E-state index contributed by atoms with van der Waals surface area (Å²) >= 11 is 0. The van der Waals surface area contributed by atoms with Crippen molar-refractivity contribution in [2.75, 3.05) is 0 Å². The summed E-state index contributed by atoms with van der Waals surface area (Å²) < 4.78 is 0. The van der Waals surface area contributed by atoms with E-state index in [9.17, 15) is 0 Å². The van der Waals surface area contributed by atoms with Crippen LogP contribution in [0, 0.1) is 0 Å². The van der Waals surface area contributed by atoms with E-state index in [1.54, 1.807) is 0 Å². The molecule has 0 bridgehead atoms. The zero-order chi connectivity index (χ0) is 9.97. The second-order valence-electron chi connectivity index (χ2n) is 4.20. The molecule has 1 fully saturated rings. The van der Waals surface area contributed by atoms with Gasteiger partial charge in [0.25, 0.3) is 0 Å². The Labute approximate surface area is 85.5 Å². The van der Waals surface area contributed by atoms with E-state index in [-0.39, 0.29) is 6.04 Å². The molecule has 0 aromatic heterocycles. The molecule has 2 nitrogen and oxygen atoms in total. The molecular formula is C12H18N2. The highest BCUT2D eigenvalue weighted by atomic mass is 15.0. The van der Waals surface area contributed by atoms with Gasteiger partial charge < -0.3 is 11.1 Å². The van der Waals surface area contributed by atoms with Gasteiger partial charge in [-0.25, -0.2) is 0 Å². The summed E-state index contributed by atoms with van der Waals surface area (Å²) in [4.78, 5) is 0. The maximum absolute atomic E-state index is 6.11. The molecule has 3 atom stereocenters. The highest BCUT2D eigenvalue weighted by Crippen LogP contribution is 2.24. The smallest absolute Gasteiger partial charge is 0.0475 e. The Morgan fingerprint density at radius 2 is 1.93 bits per heavy atom. The first kappa shape index (κ1) is 9.69. The summed E-state index contributed by atoms with van der Waals surface area (Å²) in [5.74, 6) is 0. The van der Waals surface area contributed by atoms with E-state index in [2.05, 4.69) is 36.5 Å². The monoisotopic (exact) mass is 190 g/mol. The van der Waals surface area contributed by atoms with E-state index in [4.69, 9.17) is 5.73 Å². The Hall–Kier alpha value is -0.860. The van der Waals surface area contributed by atoms with Crippen LogP contribution in [0.15, 0.2) is 30.3 Å². The second kappa shape index (κ2) is 4.11. The van der Waals surface area contributed by atoms with Crippen molar-refractivity contribution in [1.82, 2.24) is 5.32 Å². The molecule has 0 saturated carbocycles. The lowest BCUT2D eigenvalue weighted by atomic mass is 9.90. The summed E-state index contributed by atoms with van der Waals surface area (Å²) in [6.45, 7) is 2.22. The molecule has 1 heterocycles. The van der Waals surface area contributed by atoms with E-state index in [1.807, 2.05) is 6.07 Å². The Kier molecular flexibility index (Phi) is 2.85. The molecule has 0 spiro atoms. The average molecular weight is 190 g/mol. The zero-order valence-electron chi connectivity index (χ0n) is 8.61. The topological polar surface area (TPSA) is 38.0 Å². The molecule has 14 heavy (non-hydrogen) atoms. The van der Waals surface area contributed by atoms with Gasteiger partial charge in [-0.05, 0) is 25.3 Å². The van der Waals surface area contributed by atoms with Gasteiger partial charge in [-0.2, -0.15) is 0 Å². The third-order valence-corrected chi connectivity index (χ3v) is 2.98. The molecule has 0 aliphatic carbocycles. The zero-order valence-corrected chi connectivity index (χ0v) is 8.61. The van der Waals surface area contributed by atoms with Crippen LogP contribution in [0.1, 0.15) is 31.4 Å². The van der Waals surface area contributed by atoms with Crippen LogP contribution in [0.4, 0.5) is 0 Å². The highest BCUT2D eigenvalue weighted by molar-refractivity contribution is 5.21. The van der Waals surface area contributed by atoms with Crippen molar-refractivity contribution >= 4 is 0 Å². The second-order valence-corrected chi connectivity index (χ2v) is 4.20. The third-order valence-electron chi connectivity index (χ3n) is 2.98. The summed E-state index contributed by atoms with van der Waals surface area (Å²) in [7, 11) is 0. The first-order valence-corrected chi connectivity index (χ1v) is 5.34. The van der Waals surface area contributed by atoms with Crippen molar-refractivity contribution < 1.29 is 0 Å². The first-order chi connectivity index (χ1) is 6.77. The van der Waals surface area contributed by atoms with Gasteiger partial charge >= 0.3 is 0 Å². The Morgan fingerprint density at radius 1 is 1.21 bits per heavy atom. The van der Waals surface area contributed by atoms with Crippen molar-refractivity contribution in [1.29, 1.82) is 0 Å². The van der Waals surface area contributed by atoms with Crippen LogP contribution in [-0.4, -0.2) is 12.1 Å². The summed E-state index contributed by atoms with van der Waals surface area (Å²) in [5, 5.41) is 3.56. The molecular weight excluding hydrogens is 172 g/mol. The third kappa shape index (κ3) is 1.97. The molecule has 1 aliphatic rings. The summed E-state index contributed by atoms with van der Waals surface area (Å²) in [5.41, 5.74) is 7.42. The quantitative estimate of drug-likeness (QED) is 0.709. The number of piperidine rings is 1. The lowest BCUT2D eigenvalue weighted by Crippen LogP contribution is -2.46. The van der Waals surface area contributed by atoms with Gasteiger partial charge in [0.05, 0.1) is 0 Å². The number of hydrogen-bond acceptors (Lipinski definition) is 2. The van der Waals surface area contributed by atoms with E-state index < -0.39 is 0 Å². The molecule has 1 aromatic rings. The SMILES string of the molecule is C[C@@H]1CC[C@@H](N)C(c2ccccc2)N1.